The molecule has 1 fully saturated rings. The fraction of sp³-hybridized carbons (Fsp3) is 0.389. The molecule has 2 heterocycles. The standard InChI is InChI=1S/C18H20N4O2/c1-11-16(21-18(24-11)12-6-5-7-12)17(23)19-10-15-20-13-8-3-4-9-14(13)22(15)2/h3-4,8-9,12H,5-7,10H2,1-2H3,(H,19,23). The number of oxazole rings is 1. The molecule has 124 valence electrons. The first kappa shape index (κ1) is 14.9. The molecule has 0 unspecified atom stereocenters. The number of para-hydroxylation sites is 2. The first-order valence-corrected chi connectivity index (χ1v) is 8.29. The topological polar surface area (TPSA) is 73.0 Å². The highest BCUT2D eigenvalue weighted by molar-refractivity contribution is 5.93. The number of aromatic nitrogens is 3. The van der Waals surface area contributed by atoms with Crippen LogP contribution >= 0.6 is 0 Å². The maximum Gasteiger partial charge on any atom is 0.273 e. The average Bonchev–Trinajstić information content (AvgIpc) is 3.05. The molecule has 1 saturated carbocycles. The summed E-state index contributed by atoms with van der Waals surface area (Å²) in [4.78, 5) is 21.4. The molecule has 0 bridgehead atoms. The van der Waals surface area contributed by atoms with Gasteiger partial charge < -0.3 is 14.3 Å². The molecule has 2 aromatic heterocycles. The number of nitrogens with one attached hydrogen (secondary N) is 1. The van der Waals surface area contributed by atoms with Crippen molar-refractivity contribution in [2.45, 2.75) is 38.6 Å². The van der Waals surface area contributed by atoms with E-state index in [0.29, 0.717) is 29.8 Å². The largest absolute Gasteiger partial charge is 0.445 e. The van der Waals surface area contributed by atoms with E-state index < -0.39 is 0 Å². The summed E-state index contributed by atoms with van der Waals surface area (Å²) in [5, 5.41) is 2.90. The smallest absolute Gasteiger partial charge is 0.273 e. The zero-order valence-corrected chi connectivity index (χ0v) is 13.9. The molecule has 6 heteroatoms. The molecular weight excluding hydrogens is 304 g/mol. The fourth-order valence-electron chi connectivity index (χ4n) is 3.05. The Balaban J connectivity index is 1.49. The molecule has 0 spiro atoms. The van der Waals surface area contributed by atoms with Gasteiger partial charge in [0, 0.05) is 13.0 Å². The van der Waals surface area contributed by atoms with Crippen molar-refractivity contribution in [1.82, 2.24) is 19.9 Å². The zero-order chi connectivity index (χ0) is 16.7. The predicted molar refractivity (Wildman–Crippen MR) is 89.7 cm³/mol. The van der Waals surface area contributed by atoms with Gasteiger partial charge in [0.05, 0.1) is 17.6 Å². The molecule has 24 heavy (non-hydrogen) atoms. The molecule has 1 amide bonds. The van der Waals surface area contributed by atoms with Gasteiger partial charge >= 0.3 is 0 Å². The SMILES string of the molecule is Cc1oc(C2CCC2)nc1C(=O)NCc1nc2ccccc2n1C. The van der Waals surface area contributed by atoms with E-state index in [0.717, 1.165) is 29.7 Å². The summed E-state index contributed by atoms with van der Waals surface area (Å²) >= 11 is 0. The van der Waals surface area contributed by atoms with Gasteiger partial charge in [-0.3, -0.25) is 4.79 Å². The number of aryl methyl sites for hydroxylation is 2. The number of carbonyl (C=O) groups is 1. The monoisotopic (exact) mass is 324 g/mol. The van der Waals surface area contributed by atoms with Crippen molar-refractivity contribution >= 4 is 16.9 Å². The van der Waals surface area contributed by atoms with Crippen molar-refractivity contribution in [2.24, 2.45) is 7.05 Å². The molecule has 0 saturated heterocycles. The van der Waals surface area contributed by atoms with Crippen molar-refractivity contribution < 1.29 is 9.21 Å². The summed E-state index contributed by atoms with van der Waals surface area (Å²) < 4.78 is 7.66. The summed E-state index contributed by atoms with van der Waals surface area (Å²) in [7, 11) is 1.95. The summed E-state index contributed by atoms with van der Waals surface area (Å²) in [6, 6.07) is 7.92. The van der Waals surface area contributed by atoms with Crippen LogP contribution in [0.5, 0.6) is 0 Å². The predicted octanol–water partition coefficient (Wildman–Crippen LogP) is 3.07. The quantitative estimate of drug-likeness (QED) is 0.800. The van der Waals surface area contributed by atoms with Crippen molar-refractivity contribution in [3.8, 4) is 0 Å². The van der Waals surface area contributed by atoms with Crippen molar-refractivity contribution in [3.05, 3.63) is 47.4 Å². The van der Waals surface area contributed by atoms with Crippen molar-refractivity contribution in [2.75, 3.05) is 0 Å². The number of hydrogen-bond donors (Lipinski definition) is 1. The summed E-state index contributed by atoms with van der Waals surface area (Å²) in [5.41, 5.74) is 2.36. The van der Waals surface area contributed by atoms with Crippen LogP contribution in [0, 0.1) is 6.92 Å². The van der Waals surface area contributed by atoms with Gasteiger partial charge in [0.15, 0.2) is 11.6 Å². The van der Waals surface area contributed by atoms with E-state index in [1.807, 2.05) is 35.9 Å². The van der Waals surface area contributed by atoms with Crippen LogP contribution in [0.15, 0.2) is 28.7 Å². The van der Waals surface area contributed by atoms with Crippen LogP contribution in [0.1, 0.15) is 53.1 Å². The average molecular weight is 324 g/mol. The lowest BCUT2D eigenvalue weighted by atomic mass is 9.85. The van der Waals surface area contributed by atoms with Crippen LogP contribution < -0.4 is 5.32 Å². The second-order valence-electron chi connectivity index (χ2n) is 6.34. The van der Waals surface area contributed by atoms with E-state index in [1.54, 1.807) is 6.92 Å². The lowest BCUT2D eigenvalue weighted by molar-refractivity contribution is 0.0943. The summed E-state index contributed by atoms with van der Waals surface area (Å²) in [6.45, 7) is 2.15. The zero-order valence-electron chi connectivity index (χ0n) is 13.9. The summed E-state index contributed by atoms with van der Waals surface area (Å²) in [6.07, 6.45) is 3.40. The second kappa shape index (κ2) is 5.78. The van der Waals surface area contributed by atoms with Gasteiger partial charge in [-0.05, 0) is 31.9 Å². The maximum absolute atomic E-state index is 12.4. The molecule has 1 N–H and O–H groups in total. The molecule has 6 nitrogen and oxygen atoms in total. The van der Waals surface area contributed by atoms with Gasteiger partial charge in [-0.2, -0.15) is 0 Å². The Hall–Kier alpha value is -2.63. The minimum absolute atomic E-state index is 0.214. The van der Waals surface area contributed by atoms with Gasteiger partial charge in [0.25, 0.3) is 5.91 Å². The van der Waals surface area contributed by atoms with Crippen LogP contribution in [0.3, 0.4) is 0 Å². The number of rotatable bonds is 4. The molecular formula is C18H20N4O2. The molecule has 0 aliphatic heterocycles. The maximum atomic E-state index is 12.4. The minimum Gasteiger partial charge on any atom is -0.445 e. The lowest BCUT2D eigenvalue weighted by Gasteiger charge is -2.21. The number of carbonyl (C=O) groups excluding carboxylic acids is 1. The highest BCUT2D eigenvalue weighted by Gasteiger charge is 2.27. The van der Waals surface area contributed by atoms with Crippen LogP contribution in [0.4, 0.5) is 0 Å². The van der Waals surface area contributed by atoms with Crippen LogP contribution in [0.25, 0.3) is 11.0 Å². The molecule has 1 aliphatic rings. The van der Waals surface area contributed by atoms with Crippen molar-refractivity contribution in [3.63, 3.8) is 0 Å². The molecule has 1 aliphatic carbocycles. The van der Waals surface area contributed by atoms with E-state index in [2.05, 4.69) is 15.3 Å². The highest BCUT2D eigenvalue weighted by atomic mass is 16.4. The lowest BCUT2D eigenvalue weighted by Crippen LogP contribution is -2.25. The Morgan fingerprint density at radius 2 is 2.12 bits per heavy atom. The van der Waals surface area contributed by atoms with E-state index in [-0.39, 0.29) is 5.91 Å². The van der Waals surface area contributed by atoms with Crippen LogP contribution in [0.2, 0.25) is 0 Å². The van der Waals surface area contributed by atoms with Gasteiger partial charge in [0.2, 0.25) is 0 Å². The Kier molecular flexibility index (Phi) is 3.59. The van der Waals surface area contributed by atoms with E-state index in [4.69, 9.17) is 4.42 Å². The normalized spacial score (nSPS) is 14.8. The van der Waals surface area contributed by atoms with Gasteiger partial charge in [-0.1, -0.05) is 18.6 Å². The molecule has 0 radical (unpaired) electrons. The number of nitrogens with zero attached hydrogens (tertiary/aromatic N) is 3. The molecule has 3 aromatic rings. The summed E-state index contributed by atoms with van der Waals surface area (Å²) in [5.74, 6) is 2.26. The Morgan fingerprint density at radius 1 is 1.33 bits per heavy atom. The molecule has 4 rings (SSSR count). The molecule has 1 aromatic carbocycles. The number of benzene rings is 1. The Bertz CT molecular complexity index is 905. The Labute approximate surface area is 139 Å². The third-order valence-corrected chi connectivity index (χ3v) is 4.77. The van der Waals surface area contributed by atoms with Gasteiger partial charge in [-0.25, -0.2) is 9.97 Å². The molecule has 0 atom stereocenters. The third kappa shape index (κ3) is 2.48. The van der Waals surface area contributed by atoms with Crippen LogP contribution in [-0.2, 0) is 13.6 Å². The van der Waals surface area contributed by atoms with Crippen LogP contribution in [-0.4, -0.2) is 20.4 Å². The second-order valence-corrected chi connectivity index (χ2v) is 6.34. The van der Waals surface area contributed by atoms with E-state index in [1.165, 1.54) is 6.42 Å². The number of amides is 1. The highest BCUT2D eigenvalue weighted by Crippen LogP contribution is 2.36. The first-order chi connectivity index (χ1) is 11.6. The number of imidazole rings is 1. The fourth-order valence-corrected chi connectivity index (χ4v) is 3.05. The third-order valence-electron chi connectivity index (χ3n) is 4.77. The van der Waals surface area contributed by atoms with E-state index in [9.17, 15) is 4.79 Å². The Morgan fingerprint density at radius 3 is 2.83 bits per heavy atom. The minimum atomic E-state index is -0.214. The number of hydrogen-bond acceptors (Lipinski definition) is 4. The van der Waals surface area contributed by atoms with Gasteiger partial charge in [-0.15, -0.1) is 0 Å². The van der Waals surface area contributed by atoms with E-state index >= 15 is 0 Å². The van der Waals surface area contributed by atoms with Gasteiger partial charge in [0.1, 0.15) is 11.6 Å². The first-order valence-electron chi connectivity index (χ1n) is 8.29. The van der Waals surface area contributed by atoms with Crippen molar-refractivity contribution in [1.29, 1.82) is 0 Å². The number of fused-ring (bicyclic) bond motifs is 1.